The largest absolute Gasteiger partial charge is 0.491 e. The normalized spacial score (nSPS) is 13.9. The highest BCUT2D eigenvalue weighted by Gasteiger charge is 2.23. The molecule has 0 aromatic heterocycles. The van der Waals surface area contributed by atoms with Crippen LogP contribution in [0.4, 0.5) is 11.4 Å². The third-order valence-electron chi connectivity index (χ3n) is 6.69. The number of nitrogens with zero attached hydrogens (tertiary/aromatic N) is 1. The highest BCUT2D eigenvalue weighted by atomic mass is 16.7. The molecule has 0 atom stereocenters. The van der Waals surface area contributed by atoms with Crippen molar-refractivity contribution in [2.75, 3.05) is 45.2 Å². The lowest BCUT2D eigenvalue weighted by Crippen LogP contribution is -2.19. The Morgan fingerprint density at radius 1 is 0.921 bits per heavy atom. The van der Waals surface area contributed by atoms with Crippen molar-refractivity contribution >= 4 is 23.4 Å². The molecule has 3 aromatic carbocycles. The molecule has 0 bridgehead atoms. The van der Waals surface area contributed by atoms with Gasteiger partial charge < -0.3 is 28.6 Å². The molecule has 2 heterocycles. The molecule has 7 heteroatoms. The van der Waals surface area contributed by atoms with Crippen molar-refractivity contribution in [3.63, 3.8) is 0 Å². The first-order chi connectivity index (χ1) is 18.7. The topological polar surface area (TPSA) is 66.5 Å². The van der Waals surface area contributed by atoms with Crippen molar-refractivity contribution in [2.24, 2.45) is 0 Å². The summed E-state index contributed by atoms with van der Waals surface area (Å²) in [6, 6.07) is 20.3. The second-order valence-electron chi connectivity index (χ2n) is 9.21. The van der Waals surface area contributed by atoms with Crippen LogP contribution < -0.4 is 19.1 Å². The van der Waals surface area contributed by atoms with Gasteiger partial charge in [0.05, 0.1) is 13.7 Å². The van der Waals surface area contributed by atoms with Gasteiger partial charge in [0.15, 0.2) is 11.5 Å². The summed E-state index contributed by atoms with van der Waals surface area (Å²) in [5, 5.41) is 0. The van der Waals surface area contributed by atoms with Gasteiger partial charge in [-0.3, -0.25) is 0 Å². The average molecular weight is 516 g/mol. The van der Waals surface area contributed by atoms with Crippen LogP contribution >= 0.6 is 0 Å². The number of rotatable bonds is 10. The molecular formula is C31H33NO6. The number of methoxy groups -OCH3 is 1. The molecular weight excluding hydrogens is 482 g/mol. The van der Waals surface area contributed by atoms with Gasteiger partial charge in [0, 0.05) is 36.2 Å². The number of ether oxygens (including phenoxy) is 5. The van der Waals surface area contributed by atoms with Crippen molar-refractivity contribution in [1.29, 1.82) is 0 Å². The number of anilines is 2. The van der Waals surface area contributed by atoms with Crippen LogP contribution in [0.2, 0.25) is 0 Å². The third-order valence-corrected chi connectivity index (χ3v) is 6.69. The van der Waals surface area contributed by atoms with Crippen molar-refractivity contribution in [2.45, 2.75) is 26.2 Å². The molecule has 5 rings (SSSR count). The maximum absolute atomic E-state index is 12.5. The first-order valence-electron chi connectivity index (χ1n) is 13.1. The number of carbonyl (C=O) groups excluding carboxylic acids is 1. The SMILES string of the molecule is CCCCOCCOc1ccc(-c2ccc3c(c2)C=C(C(=O)OC)CCN3c2ccc3c(c2)OCO3)cc1. The van der Waals surface area contributed by atoms with E-state index in [1.54, 1.807) is 0 Å². The fourth-order valence-corrected chi connectivity index (χ4v) is 4.63. The average Bonchev–Trinajstić information content (AvgIpc) is 3.34. The number of hydrogen-bond acceptors (Lipinski definition) is 7. The molecule has 0 unspecified atom stereocenters. The van der Waals surface area contributed by atoms with E-state index >= 15 is 0 Å². The molecule has 198 valence electrons. The number of fused-ring (bicyclic) bond motifs is 2. The van der Waals surface area contributed by atoms with Crippen LogP contribution in [0.3, 0.4) is 0 Å². The van der Waals surface area contributed by atoms with Crippen molar-refractivity contribution in [3.8, 4) is 28.4 Å². The van der Waals surface area contributed by atoms with Crippen molar-refractivity contribution in [1.82, 2.24) is 0 Å². The fraction of sp³-hybridized carbons (Fsp3) is 0.323. The first kappa shape index (κ1) is 25.7. The van der Waals surface area contributed by atoms with Crippen molar-refractivity contribution < 1.29 is 28.5 Å². The van der Waals surface area contributed by atoms with Gasteiger partial charge in [-0.15, -0.1) is 0 Å². The van der Waals surface area contributed by atoms with E-state index in [-0.39, 0.29) is 12.8 Å². The Morgan fingerprint density at radius 3 is 2.55 bits per heavy atom. The van der Waals surface area contributed by atoms with Crippen molar-refractivity contribution in [3.05, 3.63) is 71.8 Å². The Labute approximate surface area is 223 Å². The molecule has 0 aliphatic carbocycles. The second-order valence-corrected chi connectivity index (χ2v) is 9.21. The minimum atomic E-state index is -0.311. The maximum atomic E-state index is 12.5. The number of carbonyl (C=O) groups is 1. The molecule has 3 aromatic rings. The summed E-state index contributed by atoms with van der Waals surface area (Å²) in [4.78, 5) is 14.7. The highest BCUT2D eigenvalue weighted by molar-refractivity contribution is 5.96. The van der Waals surface area contributed by atoms with Crippen LogP contribution in [-0.2, 0) is 14.3 Å². The van der Waals surface area contributed by atoms with Crippen LogP contribution in [0.5, 0.6) is 17.2 Å². The molecule has 2 aliphatic rings. The number of unbranched alkanes of at least 4 members (excludes halogenated alkanes) is 1. The summed E-state index contributed by atoms with van der Waals surface area (Å²) < 4.78 is 27.5. The molecule has 0 N–H and O–H groups in total. The molecule has 0 saturated heterocycles. The number of hydrogen-bond donors (Lipinski definition) is 0. The summed E-state index contributed by atoms with van der Waals surface area (Å²) in [6.07, 6.45) is 4.69. The fourth-order valence-electron chi connectivity index (χ4n) is 4.63. The van der Waals surface area contributed by atoms with Crippen LogP contribution in [0.25, 0.3) is 17.2 Å². The van der Waals surface area contributed by atoms with Gasteiger partial charge in [-0.25, -0.2) is 4.79 Å². The van der Waals surface area contributed by atoms with E-state index in [1.807, 2.05) is 48.5 Å². The van der Waals surface area contributed by atoms with Gasteiger partial charge in [0.1, 0.15) is 12.4 Å². The van der Waals surface area contributed by atoms with E-state index in [4.69, 9.17) is 23.7 Å². The summed E-state index contributed by atoms with van der Waals surface area (Å²) in [5.41, 5.74) is 5.68. The van der Waals surface area contributed by atoms with Gasteiger partial charge in [-0.1, -0.05) is 31.5 Å². The van der Waals surface area contributed by atoms with Gasteiger partial charge in [-0.05, 0) is 72.0 Å². The lowest BCUT2D eigenvalue weighted by molar-refractivity contribution is -0.136. The van der Waals surface area contributed by atoms with Gasteiger partial charge >= 0.3 is 5.97 Å². The molecule has 7 nitrogen and oxygen atoms in total. The number of benzene rings is 3. The number of esters is 1. The zero-order chi connectivity index (χ0) is 26.3. The van der Waals surface area contributed by atoms with Gasteiger partial charge in [-0.2, -0.15) is 0 Å². The Kier molecular flexibility index (Phi) is 8.14. The molecule has 0 radical (unpaired) electrons. The minimum absolute atomic E-state index is 0.226. The predicted octanol–water partition coefficient (Wildman–Crippen LogP) is 6.38. The summed E-state index contributed by atoms with van der Waals surface area (Å²) in [5.74, 6) is 1.96. The lowest BCUT2D eigenvalue weighted by atomic mass is 10.00. The molecule has 0 saturated carbocycles. The monoisotopic (exact) mass is 515 g/mol. The van der Waals surface area contributed by atoms with Crippen LogP contribution in [0, 0.1) is 0 Å². The predicted molar refractivity (Wildman–Crippen MR) is 147 cm³/mol. The van der Waals surface area contributed by atoms with E-state index in [0.29, 0.717) is 31.8 Å². The Hall–Kier alpha value is -3.97. The van der Waals surface area contributed by atoms with Gasteiger partial charge in [0.25, 0.3) is 0 Å². The molecule has 2 aliphatic heterocycles. The van der Waals surface area contributed by atoms with E-state index in [2.05, 4.69) is 30.0 Å². The van der Waals surface area contributed by atoms with Crippen LogP contribution in [0.15, 0.2) is 66.2 Å². The maximum Gasteiger partial charge on any atom is 0.333 e. The standard InChI is InChI=1S/C31H33NO6/c1-3-4-15-35-16-17-36-27-9-5-22(6-10-27)23-7-11-28-25(18-23)19-24(31(33)34-2)13-14-32(28)26-8-12-29-30(20-26)38-21-37-29/h5-12,18-20H,3-4,13-17,21H2,1-2H3. The van der Waals surface area contributed by atoms with Crippen LogP contribution in [-0.4, -0.2) is 46.2 Å². The summed E-state index contributed by atoms with van der Waals surface area (Å²) in [6.45, 7) is 4.88. The molecule has 0 fully saturated rings. The second kappa shape index (κ2) is 12.0. The third kappa shape index (κ3) is 5.78. The van der Waals surface area contributed by atoms with E-state index in [1.165, 1.54) is 7.11 Å². The Bertz CT molecular complexity index is 1300. The zero-order valence-electron chi connectivity index (χ0n) is 21.9. The lowest BCUT2D eigenvalue weighted by Gasteiger charge is -2.26. The van der Waals surface area contributed by atoms with E-state index in [0.717, 1.165) is 64.8 Å². The zero-order valence-corrected chi connectivity index (χ0v) is 21.9. The molecule has 38 heavy (non-hydrogen) atoms. The van der Waals surface area contributed by atoms with Gasteiger partial charge in [0.2, 0.25) is 6.79 Å². The smallest absolute Gasteiger partial charge is 0.333 e. The first-order valence-corrected chi connectivity index (χ1v) is 13.1. The Balaban J connectivity index is 1.38. The summed E-state index contributed by atoms with van der Waals surface area (Å²) in [7, 11) is 1.42. The quantitative estimate of drug-likeness (QED) is 0.229. The van der Waals surface area contributed by atoms with Crippen LogP contribution in [0.1, 0.15) is 31.7 Å². The Morgan fingerprint density at radius 2 is 1.74 bits per heavy atom. The van der Waals surface area contributed by atoms with E-state index in [9.17, 15) is 4.79 Å². The minimum Gasteiger partial charge on any atom is -0.491 e. The highest BCUT2D eigenvalue weighted by Crippen LogP contribution is 2.41. The summed E-state index contributed by atoms with van der Waals surface area (Å²) >= 11 is 0. The van der Waals surface area contributed by atoms with E-state index < -0.39 is 0 Å². The molecule has 0 spiro atoms. The molecule has 0 amide bonds.